The maximum absolute atomic E-state index is 13.1. The highest BCUT2D eigenvalue weighted by atomic mass is 16.5. The first-order chi connectivity index (χ1) is 15.4. The van der Waals surface area contributed by atoms with Crippen molar-refractivity contribution in [3.8, 4) is 11.5 Å². The molecule has 2 aromatic carbocycles. The molecule has 1 N–H and O–H groups in total. The van der Waals surface area contributed by atoms with Crippen LogP contribution in [0.25, 0.3) is 5.76 Å². The smallest absolute Gasteiger partial charge is 0.295 e. The van der Waals surface area contributed by atoms with Crippen LogP contribution in [0.3, 0.4) is 0 Å². The number of methoxy groups -OCH3 is 1. The Morgan fingerprint density at radius 1 is 1.09 bits per heavy atom. The topological polar surface area (TPSA) is 79.3 Å². The molecule has 0 unspecified atom stereocenters. The number of aliphatic hydroxyl groups excluding tert-OH is 1. The standard InChI is InChI=1S/C25H30N2O5/c1-5-15-32-20-8-6-7-18(16-20)22-21(23(28)17-9-11-19(31-4)12-10-17)24(29)25(30)27(22)14-13-26(2)3/h6-12,16,22,28H,5,13-15H2,1-4H3/t22-/m0/s1. The average Bonchev–Trinajstić information content (AvgIpc) is 3.06. The van der Waals surface area contributed by atoms with E-state index >= 15 is 0 Å². The van der Waals surface area contributed by atoms with Gasteiger partial charge in [-0.05, 0) is 62.5 Å². The summed E-state index contributed by atoms with van der Waals surface area (Å²) in [6, 6.07) is 13.4. The Kier molecular flexibility index (Phi) is 7.53. The van der Waals surface area contributed by atoms with Crippen LogP contribution in [0, 0.1) is 0 Å². The molecule has 0 spiro atoms. The lowest BCUT2D eigenvalue weighted by Gasteiger charge is -2.27. The van der Waals surface area contributed by atoms with Crippen LogP contribution in [-0.2, 0) is 9.59 Å². The van der Waals surface area contributed by atoms with E-state index < -0.39 is 17.7 Å². The van der Waals surface area contributed by atoms with E-state index in [1.165, 1.54) is 4.90 Å². The molecule has 7 nitrogen and oxygen atoms in total. The third kappa shape index (κ3) is 4.94. The fraction of sp³-hybridized carbons (Fsp3) is 0.360. The Balaban J connectivity index is 2.10. The first-order valence-corrected chi connectivity index (χ1v) is 10.7. The lowest BCUT2D eigenvalue weighted by atomic mass is 9.95. The molecule has 1 amide bonds. The summed E-state index contributed by atoms with van der Waals surface area (Å²) in [6.07, 6.45) is 0.864. The van der Waals surface area contributed by atoms with Crippen molar-refractivity contribution in [2.75, 3.05) is 40.9 Å². The van der Waals surface area contributed by atoms with Crippen LogP contribution in [0.4, 0.5) is 0 Å². The SMILES string of the molecule is CCCOc1cccc([C@H]2C(=C(O)c3ccc(OC)cc3)C(=O)C(=O)N2CCN(C)C)c1. The van der Waals surface area contributed by atoms with E-state index in [9.17, 15) is 14.7 Å². The molecule has 1 aliphatic rings. The van der Waals surface area contributed by atoms with Gasteiger partial charge in [-0.2, -0.15) is 0 Å². The highest BCUT2D eigenvalue weighted by Gasteiger charge is 2.46. The van der Waals surface area contributed by atoms with Gasteiger partial charge < -0.3 is 24.4 Å². The van der Waals surface area contributed by atoms with Crippen LogP contribution >= 0.6 is 0 Å². The number of likely N-dealkylation sites (N-methyl/N-ethyl adjacent to an activating group) is 1. The largest absolute Gasteiger partial charge is 0.507 e. The van der Waals surface area contributed by atoms with Crippen molar-refractivity contribution >= 4 is 17.4 Å². The normalized spacial score (nSPS) is 17.8. The van der Waals surface area contributed by atoms with Gasteiger partial charge in [0.1, 0.15) is 17.3 Å². The second kappa shape index (κ2) is 10.3. The van der Waals surface area contributed by atoms with Gasteiger partial charge in [0.25, 0.3) is 11.7 Å². The maximum Gasteiger partial charge on any atom is 0.295 e. The quantitative estimate of drug-likeness (QED) is 0.367. The molecule has 2 aromatic rings. The number of Topliss-reactive ketones (excluding diaryl/α,β-unsaturated/α-hetero) is 1. The summed E-state index contributed by atoms with van der Waals surface area (Å²) < 4.78 is 10.9. The molecule has 0 aromatic heterocycles. The first-order valence-electron chi connectivity index (χ1n) is 10.7. The third-order valence-corrected chi connectivity index (χ3v) is 5.34. The number of hydrogen-bond acceptors (Lipinski definition) is 6. The number of nitrogens with zero attached hydrogens (tertiary/aromatic N) is 2. The van der Waals surface area contributed by atoms with Gasteiger partial charge in [-0.1, -0.05) is 19.1 Å². The second-order valence-electron chi connectivity index (χ2n) is 7.95. The van der Waals surface area contributed by atoms with Gasteiger partial charge in [0.15, 0.2) is 0 Å². The number of hydrogen-bond donors (Lipinski definition) is 1. The van der Waals surface area contributed by atoms with Crippen LogP contribution < -0.4 is 9.47 Å². The summed E-state index contributed by atoms with van der Waals surface area (Å²) in [4.78, 5) is 29.5. The molecular weight excluding hydrogens is 408 g/mol. The number of amides is 1. The fourth-order valence-corrected chi connectivity index (χ4v) is 3.66. The minimum Gasteiger partial charge on any atom is -0.507 e. The number of ether oxygens (including phenoxy) is 2. The van der Waals surface area contributed by atoms with E-state index in [1.54, 1.807) is 31.4 Å². The number of rotatable bonds is 9. The second-order valence-corrected chi connectivity index (χ2v) is 7.95. The summed E-state index contributed by atoms with van der Waals surface area (Å²) in [5.41, 5.74) is 1.23. The molecule has 3 rings (SSSR count). The highest BCUT2D eigenvalue weighted by molar-refractivity contribution is 6.46. The van der Waals surface area contributed by atoms with Gasteiger partial charge in [-0.15, -0.1) is 0 Å². The number of likely N-dealkylation sites (tertiary alicyclic amines) is 1. The first kappa shape index (κ1) is 23.3. The van der Waals surface area contributed by atoms with Gasteiger partial charge >= 0.3 is 0 Å². The molecule has 32 heavy (non-hydrogen) atoms. The molecule has 1 aliphatic heterocycles. The lowest BCUT2D eigenvalue weighted by Crippen LogP contribution is -2.35. The third-order valence-electron chi connectivity index (χ3n) is 5.34. The molecule has 0 saturated carbocycles. The molecular formula is C25H30N2O5. The Labute approximate surface area is 188 Å². The Hall–Kier alpha value is -3.32. The molecule has 1 fully saturated rings. The van der Waals surface area contributed by atoms with Crippen molar-refractivity contribution in [3.63, 3.8) is 0 Å². The molecule has 1 atom stereocenters. The predicted molar refractivity (Wildman–Crippen MR) is 123 cm³/mol. The van der Waals surface area contributed by atoms with E-state index in [0.717, 1.165) is 6.42 Å². The summed E-state index contributed by atoms with van der Waals surface area (Å²) in [7, 11) is 5.36. The minimum absolute atomic E-state index is 0.0755. The molecule has 0 bridgehead atoms. The number of aliphatic hydroxyl groups is 1. The van der Waals surface area contributed by atoms with Gasteiger partial charge in [-0.25, -0.2) is 0 Å². The zero-order valence-electron chi connectivity index (χ0n) is 19.0. The van der Waals surface area contributed by atoms with Crippen molar-refractivity contribution in [2.45, 2.75) is 19.4 Å². The number of carbonyl (C=O) groups excluding carboxylic acids is 2. The van der Waals surface area contributed by atoms with Crippen molar-refractivity contribution in [1.82, 2.24) is 9.80 Å². The van der Waals surface area contributed by atoms with Crippen molar-refractivity contribution in [1.29, 1.82) is 0 Å². The molecule has 1 saturated heterocycles. The molecule has 7 heteroatoms. The van der Waals surface area contributed by atoms with E-state index in [-0.39, 0.29) is 11.3 Å². The maximum atomic E-state index is 13.1. The van der Waals surface area contributed by atoms with Crippen LogP contribution in [0.5, 0.6) is 11.5 Å². The molecule has 0 radical (unpaired) electrons. The molecule has 0 aliphatic carbocycles. The molecule has 1 heterocycles. The summed E-state index contributed by atoms with van der Waals surface area (Å²) in [5.74, 6) is -0.228. The van der Waals surface area contributed by atoms with Gasteiger partial charge in [0.2, 0.25) is 0 Å². The van der Waals surface area contributed by atoms with Crippen molar-refractivity contribution < 1.29 is 24.2 Å². The Morgan fingerprint density at radius 3 is 2.44 bits per heavy atom. The Morgan fingerprint density at radius 2 is 1.81 bits per heavy atom. The summed E-state index contributed by atoms with van der Waals surface area (Å²) >= 11 is 0. The zero-order valence-corrected chi connectivity index (χ0v) is 19.0. The van der Waals surface area contributed by atoms with Gasteiger partial charge in [0.05, 0.1) is 25.3 Å². The van der Waals surface area contributed by atoms with Crippen LogP contribution in [-0.4, -0.2) is 67.5 Å². The molecule has 170 valence electrons. The van der Waals surface area contributed by atoms with Crippen molar-refractivity contribution in [2.24, 2.45) is 0 Å². The van der Waals surface area contributed by atoms with Crippen LogP contribution in [0.15, 0.2) is 54.1 Å². The van der Waals surface area contributed by atoms with Crippen molar-refractivity contribution in [3.05, 3.63) is 65.2 Å². The summed E-state index contributed by atoms with van der Waals surface area (Å²) in [6.45, 7) is 3.52. The van der Waals surface area contributed by atoms with E-state index in [1.807, 2.05) is 50.2 Å². The zero-order chi connectivity index (χ0) is 23.3. The van der Waals surface area contributed by atoms with Gasteiger partial charge in [-0.3, -0.25) is 9.59 Å². The number of carbonyl (C=O) groups is 2. The van der Waals surface area contributed by atoms with E-state index in [0.29, 0.717) is 42.3 Å². The summed E-state index contributed by atoms with van der Waals surface area (Å²) in [5, 5.41) is 11.1. The Bertz CT molecular complexity index is 998. The van der Waals surface area contributed by atoms with Crippen LogP contribution in [0.2, 0.25) is 0 Å². The average molecular weight is 439 g/mol. The fourth-order valence-electron chi connectivity index (χ4n) is 3.66. The highest BCUT2D eigenvalue weighted by Crippen LogP contribution is 2.40. The van der Waals surface area contributed by atoms with Crippen LogP contribution in [0.1, 0.15) is 30.5 Å². The van der Waals surface area contributed by atoms with E-state index in [2.05, 4.69) is 0 Å². The number of ketones is 1. The monoisotopic (exact) mass is 438 g/mol. The lowest BCUT2D eigenvalue weighted by molar-refractivity contribution is -0.140. The number of benzene rings is 2. The van der Waals surface area contributed by atoms with Gasteiger partial charge in [0, 0.05) is 18.7 Å². The van der Waals surface area contributed by atoms with E-state index in [4.69, 9.17) is 9.47 Å². The minimum atomic E-state index is -0.706. The predicted octanol–water partition coefficient (Wildman–Crippen LogP) is 3.47.